The predicted molar refractivity (Wildman–Crippen MR) is 85.7 cm³/mol. The summed E-state index contributed by atoms with van der Waals surface area (Å²) in [6.07, 6.45) is 1.17. The second kappa shape index (κ2) is 6.09. The minimum Gasteiger partial charge on any atom is -0.493 e. The largest absolute Gasteiger partial charge is 0.493 e. The van der Waals surface area contributed by atoms with Gasteiger partial charge in [0.15, 0.2) is 5.65 Å². The third-order valence-electron chi connectivity index (χ3n) is 3.50. The van der Waals surface area contributed by atoms with E-state index in [1.54, 1.807) is 19.9 Å². The molecule has 1 N–H and O–H groups in total. The number of aromatic hydroxyl groups is 1. The van der Waals surface area contributed by atoms with Gasteiger partial charge in [0.05, 0.1) is 22.9 Å². The van der Waals surface area contributed by atoms with Gasteiger partial charge < -0.3 is 9.84 Å². The van der Waals surface area contributed by atoms with Crippen LogP contribution in [0.2, 0.25) is 5.02 Å². The molecule has 0 saturated heterocycles. The van der Waals surface area contributed by atoms with Crippen molar-refractivity contribution < 1.29 is 19.0 Å². The van der Waals surface area contributed by atoms with E-state index in [1.807, 2.05) is 0 Å². The van der Waals surface area contributed by atoms with Crippen LogP contribution in [0.25, 0.3) is 16.8 Å². The minimum atomic E-state index is -0.719. The molecule has 0 aliphatic rings. The lowest BCUT2D eigenvalue weighted by Gasteiger charge is -2.07. The lowest BCUT2D eigenvalue weighted by atomic mass is 10.1. The van der Waals surface area contributed by atoms with Gasteiger partial charge in [0.2, 0.25) is 5.88 Å². The second-order valence-electron chi connectivity index (χ2n) is 5.01. The number of halogens is 2. The molecule has 0 unspecified atom stereocenters. The highest BCUT2D eigenvalue weighted by atomic mass is 35.5. The Bertz CT molecular complexity index is 935. The highest BCUT2D eigenvalue weighted by Gasteiger charge is 2.23. The van der Waals surface area contributed by atoms with E-state index in [0.29, 0.717) is 11.3 Å². The number of fused-ring (bicyclic) bond motifs is 1. The summed E-state index contributed by atoms with van der Waals surface area (Å²) in [6, 6.07) is 4.32. The third kappa shape index (κ3) is 2.46. The fourth-order valence-corrected chi connectivity index (χ4v) is 2.72. The van der Waals surface area contributed by atoms with E-state index in [0.717, 1.165) is 4.52 Å². The van der Waals surface area contributed by atoms with Crippen LogP contribution < -0.4 is 0 Å². The van der Waals surface area contributed by atoms with E-state index in [2.05, 4.69) is 10.1 Å². The van der Waals surface area contributed by atoms with Crippen LogP contribution in [-0.4, -0.2) is 32.3 Å². The molecule has 0 spiro atoms. The second-order valence-corrected chi connectivity index (χ2v) is 5.42. The van der Waals surface area contributed by atoms with Gasteiger partial charge in [-0.1, -0.05) is 17.7 Å². The van der Waals surface area contributed by atoms with Gasteiger partial charge >= 0.3 is 5.97 Å². The first-order valence-electron chi connectivity index (χ1n) is 7.14. The molecule has 0 amide bonds. The number of nitrogens with zero attached hydrogens (tertiary/aromatic N) is 3. The summed E-state index contributed by atoms with van der Waals surface area (Å²) in [6.45, 7) is 3.44. The molecule has 3 aromatic rings. The number of ether oxygens (including phenoxy) is 1. The molecule has 0 fully saturated rings. The number of aromatic nitrogens is 3. The van der Waals surface area contributed by atoms with Gasteiger partial charge in [0.25, 0.3) is 0 Å². The molecular weight excluding hydrogens is 337 g/mol. The van der Waals surface area contributed by atoms with Gasteiger partial charge in [-0.2, -0.15) is 9.61 Å². The molecule has 24 heavy (non-hydrogen) atoms. The Balaban J connectivity index is 2.28. The number of rotatable bonds is 3. The van der Waals surface area contributed by atoms with Gasteiger partial charge in [0.1, 0.15) is 11.4 Å². The smallest absolute Gasteiger partial charge is 0.345 e. The van der Waals surface area contributed by atoms with Crippen LogP contribution in [0.1, 0.15) is 23.0 Å². The highest BCUT2D eigenvalue weighted by molar-refractivity contribution is 6.33. The summed E-state index contributed by atoms with van der Waals surface area (Å²) in [5, 5.41) is 14.6. The SMILES string of the molecule is CCOC(=O)c1cnc2c(-c3c(F)cccc3Cl)c(C)nn2c1O. The zero-order chi connectivity index (χ0) is 17.4. The van der Waals surface area contributed by atoms with Gasteiger partial charge in [-0.05, 0) is 26.0 Å². The van der Waals surface area contributed by atoms with Crippen molar-refractivity contribution in [1.82, 2.24) is 14.6 Å². The molecule has 2 heterocycles. The van der Waals surface area contributed by atoms with E-state index in [4.69, 9.17) is 16.3 Å². The highest BCUT2D eigenvalue weighted by Crippen LogP contribution is 2.36. The van der Waals surface area contributed by atoms with Crippen molar-refractivity contribution in [2.24, 2.45) is 0 Å². The Morgan fingerprint density at radius 1 is 1.42 bits per heavy atom. The molecule has 8 heteroatoms. The lowest BCUT2D eigenvalue weighted by molar-refractivity contribution is 0.0521. The van der Waals surface area contributed by atoms with Crippen molar-refractivity contribution >= 4 is 23.2 Å². The summed E-state index contributed by atoms with van der Waals surface area (Å²) in [7, 11) is 0. The topological polar surface area (TPSA) is 76.7 Å². The lowest BCUT2D eigenvalue weighted by Crippen LogP contribution is -2.08. The molecule has 0 radical (unpaired) electrons. The standard InChI is InChI=1S/C16H13ClFN3O3/c1-3-24-16(23)9-7-19-14-12(8(2)20-21(14)15(9)22)13-10(17)5-4-6-11(13)18/h4-7,22H,3H2,1-2H3. The van der Waals surface area contributed by atoms with Gasteiger partial charge in [-0.25, -0.2) is 14.2 Å². The van der Waals surface area contributed by atoms with Crippen molar-refractivity contribution in [3.8, 4) is 17.0 Å². The van der Waals surface area contributed by atoms with E-state index < -0.39 is 17.7 Å². The number of benzene rings is 1. The van der Waals surface area contributed by atoms with Gasteiger partial charge in [-0.15, -0.1) is 0 Å². The number of carbonyl (C=O) groups is 1. The molecule has 124 valence electrons. The molecule has 3 rings (SSSR count). The van der Waals surface area contributed by atoms with E-state index in [9.17, 15) is 14.3 Å². The molecule has 1 aromatic carbocycles. The number of aryl methyl sites for hydroxylation is 1. The Hall–Kier alpha value is -2.67. The Kier molecular flexibility index (Phi) is 4.11. The van der Waals surface area contributed by atoms with Crippen molar-refractivity contribution in [2.45, 2.75) is 13.8 Å². The first-order valence-corrected chi connectivity index (χ1v) is 7.52. The number of hydrogen-bond acceptors (Lipinski definition) is 5. The van der Waals surface area contributed by atoms with Crippen molar-refractivity contribution in [3.63, 3.8) is 0 Å². The molecule has 0 aliphatic heterocycles. The van der Waals surface area contributed by atoms with Crippen LogP contribution >= 0.6 is 11.6 Å². The number of esters is 1. The number of hydrogen-bond donors (Lipinski definition) is 1. The minimum absolute atomic E-state index is 0.127. The normalized spacial score (nSPS) is 11.0. The van der Waals surface area contributed by atoms with Crippen LogP contribution in [-0.2, 0) is 4.74 Å². The van der Waals surface area contributed by atoms with Gasteiger partial charge in [-0.3, -0.25) is 0 Å². The van der Waals surface area contributed by atoms with Crippen LogP contribution in [0, 0.1) is 12.7 Å². The zero-order valence-electron chi connectivity index (χ0n) is 12.9. The van der Waals surface area contributed by atoms with Crippen LogP contribution in [0.4, 0.5) is 4.39 Å². The molecule has 0 bridgehead atoms. The fourth-order valence-electron chi connectivity index (χ4n) is 2.46. The summed E-state index contributed by atoms with van der Waals surface area (Å²) >= 11 is 6.11. The van der Waals surface area contributed by atoms with Crippen molar-refractivity contribution in [1.29, 1.82) is 0 Å². The quantitative estimate of drug-likeness (QED) is 0.733. The maximum absolute atomic E-state index is 14.2. The van der Waals surface area contributed by atoms with Crippen LogP contribution in [0.15, 0.2) is 24.4 Å². The number of carbonyl (C=O) groups excluding carboxylic acids is 1. The van der Waals surface area contributed by atoms with E-state index in [-0.39, 0.29) is 28.4 Å². The average Bonchev–Trinajstić information content (AvgIpc) is 2.85. The zero-order valence-corrected chi connectivity index (χ0v) is 13.6. The Morgan fingerprint density at radius 3 is 2.83 bits per heavy atom. The van der Waals surface area contributed by atoms with Crippen LogP contribution in [0.3, 0.4) is 0 Å². The summed E-state index contributed by atoms with van der Waals surface area (Å²) in [4.78, 5) is 16.0. The molecule has 0 atom stereocenters. The maximum Gasteiger partial charge on any atom is 0.345 e. The first kappa shape index (κ1) is 16.2. The van der Waals surface area contributed by atoms with Crippen LogP contribution in [0.5, 0.6) is 5.88 Å². The molecule has 0 saturated carbocycles. The predicted octanol–water partition coefficient (Wildman–Crippen LogP) is 3.38. The molecule has 2 aromatic heterocycles. The summed E-state index contributed by atoms with van der Waals surface area (Å²) in [5.74, 6) is -1.68. The molecule has 0 aliphatic carbocycles. The third-order valence-corrected chi connectivity index (χ3v) is 3.82. The van der Waals surface area contributed by atoms with Crippen molar-refractivity contribution in [2.75, 3.05) is 6.61 Å². The fraction of sp³-hybridized carbons (Fsp3) is 0.188. The summed E-state index contributed by atoms with van der Waals surface area (Å²) < 4.78 is 20.2. The summed E-state index contributed by atoms with van der Waals surface area (Å²) in [5.41, 5.74) is 0.958. The van der Waals surface area contributed by atoms with E-state index >= 15 is 0 Å². The van der Waals surface area contributed by atoms with Crippen molar-refractivity contribution in [3.05, 3.63) is 46.5 Å². The average molecular weight is 350 g/mol. The Labute approximate surface area is 141 Å². The van der Waals surface area contributed by atoms with Gasteiger partial charge in [0, 0.05) is 11.8 Å². The van der Waals surface area contributed by atoms with E-state index in [1.165, 1.54) is 18.3 Å². The Morgan fingerprint density at radius 2 is 2.17 bits per heavy atom. The maximum atomic E-state index is 14.2. The molecule has 6 nitrogen and oxygen atoms in total. The monoisotopic (exact) mass is 349 g/mol. The first-order chi connectivity index (χ1) is 11.5. The molecular formula is C16H13ClFN3O3.